The van der Waals surface area contributed by atoms with Crippen LogP contribution in [-0.2, 0) is 7.05 Å². The smallest absolute Gasteiger partial charge is 0.358 e. The Hall–Kier alpha value is -2.53. The summed E-state index contributed by atoms with van der Waals surface area (Å²) in [5.41, 5.74) is 0.546. The minimum absolute atomic E-state index is 0.229. The van der Waals surface area contributed by atoms with Crippen molar-refractivity contribution < 1.29 is 9.31 Å². The lowest BCUT2D eigenvalue weighted by Gasteiger charge is -2.00. The van der Waals surface area contributed by atoms with E-state index in [-0.39, 0.29) is 11.6 Å². The number of anilines is 2. The summed E-state index contributed by atoms with van der Waals surface area (Å²) in [5, 5.41) is 22.6. The number of rotatable bonds is 5. The van der Waals surface area contributed by atoms with Gasteiger partial charge in [-0.15, -0.1) is 10.2 Å². The van der Waals surface area contributed by atoms with Crippen LogP contribution in [0.2, 0.25) is 0 Å². The number of hydrogen-bond donors (Lipinski definition) is 1. The summed E-state index contributed by atoms with van der Waals surface area (Å²) in [6, 6.07) is 5.95. The topological polar surface area (TPSA) is 98.8 Å². The molecule has 2 aromatic heterocycles. The third-order valence-electron chi connectivity index (χ3n) is 2.70. The highest BCUT2D eigenvalue weighted by Gasteiger charge is 2.22. The molecule has 0 aliphatic carbocycles. The highest BCUT2D eigenvalue weighted by atomic mass is 32.2. The van der Waals surface area contributed by atoms with Gasteiger partial charge in [0, 0.05) is 12.7 Å². The Bertz CT molecular complexity index is 865. The molecular formula is C12H9FN6O2S2. The Morgan fingerprint density at radius 1 is 1.43 bits per heavy atom. The van der Waals surface area contributed by atoms with Crippen LogP contribution in [-0.4, -0.2) is 24.7 Å². The van der Waals surface area contributed by atoms with Gasteiger partial charge in [-0.25, -0.2) is 4.39 Å². The highest BCUT2D eigenvalue weighted by molar-refractivity contribution is 8.01. The average molecular weight is 352 g/mol. The number of nitro groups is 1. The lowest BCUT2D eigenvalue weighted by atomic mass is 10.3. The molecule has 1 aromatic carbocycles. The fourth-order valence-electron chi connectivity index (χ4n) is 1.72. The van der Waals surface area contributed by atoms with E-state index in [0.29, 0.717) is 20.2 Å². The molecule has 0 unspecified atom stereocenters. The molecule has 0 atom stereocenters. The van der Waals surface area contributed by atoms with Gasteiger partial charge in [0.1, 0.15) is 5.82 Å². The third-order valence-corrected chi connectivity index (χ3v) is 4.76. The first-order valence-electron chi connectivity index (χ1n) is 6.22. The fourth-order valence-corrected chi connectivity index (χ4v) is 3.52. The Morgan fingerprint density at radius 3 is 3.00 bits per heavy atom. The fraction of sp³-hybridized carbons (Fsp3) is 0.0833. The van der Waals surface area contributed by atoms with E-state index in [9.17, 15) is 14.5 Å². The van der Waals surface area contributed by atoms with Crippen molar-refractivity contribution in [1.82, 2.24) is 19.7 Å². The Morgan fingerprint density at radius 2 is 2.26 bits per heavy atom. The molecule has 23 heavy (non-hydrogen) atoms. The summed E-state index contributed by atoms with van der Waals surface area (Å²) in [6.07, 6.45) is 1.37. The van der Waals surface area contributed by atoms with Crippen LogP contribution in [0.5, 0.6) is 0 Å². The SMILES string of the molecule is Cn1cnc([N+](=O)[O-])c1Sc1nnc(Nc2cccc(F)c2)s1. The molecule has 2 heterocycles. The number of nitrogens with one attached hydrogen (secondary N) is 1. The zero-order chi connectivity index (χ0) is 16.4. The van der Waals surface area contributed by atoms with Crippen molar-refractivity contribution in [2.45, 2.75) is 9.37 Å². The molecule has 3 aromatic rings. The molecule has 0 saturated carbocycles. The summed E-state index contributed by atoms with van der Waals surface area (Å²) < 4.78 is 15.2. The predicted octanol–water partition coefficient (Wildman–Crippen LogP) is 3.21. The Balaban J connectivity index is 1.78. The van der Waals surface area contributed by atoms with Crippen molar-refractivity contribution in [1.29, 1.82) is 0 Å². The van der Waals surface area contributed by atoms with Crippen molar-refractivity contribution in [2.75, 3.05) is 5.32 Å². The second-order valence-corrected chi connectivity index (χ2v) is 6.57. The summed E-state index contributed by atoms with van der Waals surface area (Å²) in [5.74, 6) is -0.591. The van der Waals surface area contributed by atoms with Gasteiger partial charge in [0.05, 0.1) is 0 Å². The molecule has 0 amide bonds. The molecule has 3 rings (SSSR count). The molecule has 0 saturated heterocycles. The van der Waals surface area contributed by atoms with Crippen molar-refractivity contribution in [3.8, 4) is 0 Å². The Labute approximate surface area is 137 Å². The van der Waals surface area contributed by atoms with Gasteiger partial charge in [-0.2, -0.15) is 0 Å². The normalized spacial score (nSPS) is 10.7. The van der Waals surface area contributed by atoms with Crippen molar-refractivity contribution in [3.63, 3.8) is 0 Å². The maximum absolute atomic E-state index is 13.1. The zero-order valence-corrected chi connectivity index (χ0v) is 13.3. The highest BCUT2D eigenvalue weighted by Crippen LogP contribution is 2.36. The molecule has 0 radical (unpaired) electrons. The van der Waals surface area contributed by atoms with Crippen LogP contribution in [0.3, 0.4) is 0 Å². The summed E-state index contributed by atoms with van der Waals surface area (Å²) in [7, 11) is 1.66. The van der Waals surface area contributed by atoms with Gasteiger partial charge in [0.2, 0.25) is 11.5 Å². The van der Waals surface area contributed by atoms with Crippen molar-refractivity contribution in [2.24, 2.45) is 7.05 Å². The Kier molecular flexibility index (Phi) is 4.21. The van der Waals surface area contributed by atoms with E-state index in [1.807, 2.05) is 0 Å². The van der Waals surface area contributed by atoms with E-state index in [1.165, 1.54) is 29.8 Å². The van der Waals surface area contributed by atoms with Crippen molar-refractivity contribution >= 4 is 39.7 Å². The molecular weight excluding hydrogens is 343 g/mol. The minimum atomic E-state index is -0.546. The summed E-state index contributed by atoms with van der Waals surface area (Å²) >= 11 is 2.30. The van der Waals surface area contributed by atoms with E-state index in [0.717, 1.165) is 11.8 Å². The van der Waals surface area contributed by atoms with E-state index >= 15 is 0 Å². The number of benzene rings is 1. The van der Waals surface area contributed by atoms with Crippen LogP contribution >= 0.6 is 23.1 Å². The van der Waals surface area contributed by atoms with Gasteiger partial charge >= 0.3 is 5.82 Å². The first-order valence-corrected chi connectivity index (χ1v) is 7.86. The van der Waals surface area contributed by atoms with Crippen LogP contribution in [0.1, 0.15) is 0 Å². The molecule has 118 valence electrons. The van der Waals surface area contributed by atoms with Crippen molar-refractivity contribution in [3.05, 3.63) is 46.5 Å². The molecule has 0 bridgehead atoms. The second kappa shape index (κ2) is 6.30. The van der Waals surface area contributed by atoms with Gasteiger partial charge in [0.15, 0.2) is 9.37 Å². The molecule has 0 spiro atoms. The molecule has 1 N–H and O–H groups in total. The first-order chi connectivity index (χ1) is 11.0. The van der Waals surface area contributed by atoms with Gasteiger partial charge in [-0.1, -0.05) is 17.4 Å². The van der Waals surface area contributed by atoms with Crippen LogP contribution in [0.15, 0.2) is 40.0 Å². The maximum Gasteiger partial charge on any atom is 0.396 e. The van der Waals surface area contributed by atoms with E-state index in [1.54, 1.807) is 23.7 Å². The van der Waals surface area contributed by atoms with Gasteiger partial charge in [-0.3, -0.25) is 0 Å². The van der Waals surface area contributed by atoms with E-state index in [2.05, 4.69) is 20.5 Å². The molecule has 0 aliphatic rings. The number of halogens is 1. The number of nitrogens with zero attached hydrogens (tertiary/aromatic N) is 5. The van der Waals surface area contributed by atoms with Crippen LogP contribution in [0.25, 0.3) is 0 Å². The molecule has 0 aliphatic heterocycles. The quantitative estimate of drug-likeness (QED) is 0.556. The van der Waals surface area contributed by atoms with E-state index in [4.69, 9.17) is 0 Å². The average Bonchev–Trinajstić information content (AvgIpc) is 3.07. The number of hydrogen-bond acceptors (Lipinski definition) is 8. The predicted molar refractivity (Wildman–Crippen MR) is 83.6 cm³/mol. The van der Waals surface area contributed by atoms with Crippen LogP contribution < -0.4 is 5.32 Å². The van der Waals surface area contributed by atoms with Crippen LogP contribution in [0.4, 0.5) is 21.0 Å². The van der Waals surface area contributed by atoms with Gasteiger partial charge in [-0.05, 0) is 39.9 Å². The van der Waals surface area contributed by atoms with Crippen LogP contribution in [0, 0.1) is 15.9 Å². The number of aromatic nitrogens is 4. The molecule has 0 fully saturated rings. The second-order valence-electron chi connectivity index (χ2n) is 4.35. The minimum Gasteiger partial charge on any atom is -0.358 e. The number of imidazole rings is 1. The largest absolute Gasteiger partial charge is 0.396 e. The number of aryl methyl sites for hydroxylation is 1. The monoisotopic (exact) mass is 352 g/mol. The summed E-state index contributed by atoms with van der Waals surface area (Å²) in [6.45, 7) is 0. The molecule has 11 heteroatoms. The first kappa shape index (κ1) is 15.4. The lowest BCUT2D eigenvalue weighted by Crippen LogP contribution is -1.93. The molecule has 8 nitrogen and oxygen atoms in total. The standard InChI is InChI=1S/C12H9FN6O2S2/c1-18-6-14-9(19(20)21)10(18)22-12-17-16-11(23-12)15-8-4-2-3-7(13)5-8/h2-6H,1H3,(H,15,16). The van der Waals surface area contributed by atoms with Gasteiger partial charge in [0.25, 0.3) is 0 Å². The lowest BCUT2D eigenvalue weighted by molar-refractivity contribution is -0.392. The zero-order valence-electron chi connectivity index (χ0n) is 11.6. The maximum atomic E-state index is 13.1. The third kappa shape index (κ3) is 3.46. The van der Waals surface area contributed by atoms with Gasteiger partial charge < -0.3 is 20.0 Å². The van der Waals surface area contributed by atoms with E-state index < -0.39 is 4.92 Å². The summed E-state index contributed by atoms with van der Waals surface area (Å²) in [4.78, 5) is 14.1.